The fourth-order valence-electron chi connectivity index (χ4n) is 3.70. The maximum absolute atomic E-state index is 13.5. The zero-order chi connectivity index (χ0) is 23.0. The largest absolute Gasteiger partial charge is 0.454 e. The Balaban J connectivity index is 1.52. The Morgan fingerprint density at radius 2 is 1.76 bits per heavy atom. The van der Waals surface area contributed by atoms with Crippen LogP contribution in [-0.2, 0) is 17.9 Å². The quantitative estimate of drug-likeness (QED) is 0.426. The highest BCUT2D eigenvalue weighted by molar-refractivity contribution is 7.09. The molecule has 2 heterocycles. The number of fused-ring (bicyclic) bond motifs is 1. The van der Waals surface area contributed by atoms with E-state index in [4.69, 9.17) is 9.47 Å². The molecular weight excluding hydrogens is 436 g/mol. The van der Waals surface area contributed by atoms with Gasteiger partial charge in [0.05, 0.1) is 6.54 Å². The molecule has 0 bridgehead atoms. The minimum Gasteiger partial charge on any atom is -0.454 e. The van der Waals surface area contributed by atoms with E-state index in [1.165, 1.54) is 0 Å². The van der Waals surface area contributed by atoms with Gasteiger partial charge in [0.25, 0.3) is 5.91 Å². The van der Waals surface area contributed by atoms with Crippen molar-refractivity contribution in [2.45, 2.75) is 32.9 Å². The van der Waals surface area contributed by atoms with Gasteiger partial charge in [0.2, 0.25) is 12.7 Å². The lowest BCUT2D eigenvalue weighted by Gasteiger charge is -2.28. The van der Waals surface area contributed by atoms with E-state index in [2.05, 4.69) is 6.92 Å². The number of nitrogens with zero attached hydrogens (tertiary/aromatic N) is 2. The molecule has 4 rings (SSSR count). The van der Waals surface area contributed by atoms with E-state index in [-0.39, 0.29) is 25.2 Å². The molecule has 0 saturated carbocycles. The number of rotatable bonds is 10. The molecule has 1 aliphatic rings. The number of unbranched alkanes of at least 4 members (excludes halogenated alkanes) is 1. The molecule has 172 valence electrons. The second-order valence-corrected chi connectivity index (χ2v) is 9.00. The van der Waals surface area contributed by atoms with Crippen molar-refractivity contribution < 1.29 is 19.1 Å². The molecule has 6 nitrogen and oxygen atoms in total. The normalized spacial score (nSPS) is 11.9. The topological polar surface area (TPSA) is 59.1 Å². The highest BCUT2D eigenvalue weighted by Gasteiger charge is 2.24. The first-order valence-corrected chi connectivity index (χ1v) is 12.0. The summed E-state index contributed by atoms with van der Waals surface area (Å²) in [7, 11) is 0. The zero-order valence-electron chi connectivity index (χ0n) is 18.7. The minimum atomic E-state index is -0.175. The summed E-state index contributed by atoms with van der Waals surface area (Å²) in [4.78, 5) is 31.4. The third-order valence-electron chi connectivity index (χ3n) is 5.51. The number of carbonyl (C=O) groups excluding carboxylic acids is 2. The molecule has 0 unspecified atom stereocenters. The summed E-state index contributed by atoms with van der Waals surface area (Å²) in [5.74, 6) is 0.946. The maximum Gasteiger partial charge on any atom is 0.254 e. The van der Waals surface area contributed by atoms with Crippen LogP contribution in [-0.4, -0.2) is 41.5 Å². The van der Waals surface area contributed by atoms with E-state index in [9.17, 15) is 9.59 Å². The Bertz CT molecular complexity index is 1070. The number of thiophene rings is 1. The van der Waals surface area contributed by atoms with Crippen LogP contribution in [0.5, 0.6) is 11.5 Å². The van der Waals surface area contributed by atoms with Crippen LogP contribution in [0, 0.1) is 0 Å². The second-order valence-electron chi connectivity index (χ2n) is 7.96. The van der Waals surface area contributed by atoms with Crippen molar-refractivity contribution in [1.82, 2.24) is 9.80 Å². The monoisotopic (exact) mass is 464 g/mol. The van der Waals surface area contributed by atoms with Crippen LogP contribution < -0.4 is 9.47 Å². The number of benzene rings is 2. The predicted octanol–water partition coefficient (Wildman–Crippen LogP) is 4.95. The van der Waals surface area contributed by atoms with Crippen molar-refractivity contribution in [1.29, 1.82) is 0 Å². The molecule has 2 aromatic carbocycles. The van der Waals surface area contributed by atoms with Gasteiger partial charge in [0.1, 0.15) is 6.54 Å². The molecule has 33 heavy (non-hydrogen) atoms. The number of carbonyl (C=O) groups is 2. The Kier molecular flexibility index (Phi) is 7.62. The third-order valence-corrected chi connectivity index (χ3v) is 6.37. The summed E-state index contributed by atoms with van der Waals surface area (Å²) < 4.78 is 10.8. The van der Waals surface area contributed by atoms with Gasteiger partial charge in [-0.25, -0.2) is 0 Å². The minimum absolute atomic E-state index is 0.0332. The number of amides is 2. The first-order chi connectivity index (χ1) is 16.1. The SMILES string of the molecule is CCCCN(CC(=O)N(Cc1ccccc1)Cc1cccs1)C(=O)c1ccc2c(c1)OCO2. The molecule has 2 amide bonds. The molecule has 0 aliphatic carbocycles. The van der Waals surface area contributed by atoms with Gasteiger partial charge in [-0.15, -0.1) is 11.3 Å². The highest BCUT2D eigenvalue weighted by Crippen LogP contribution is 2.32. The van der Waals surface area contributed by atoms with Crippen LogP contribution >= 0.6 is 11.3 Å². The number of hydrogen-bond donors (Lipinski definition) is 0. The van der Waals surface area contributed by atoms with Crippen molar-refractivity contribution in [3.8, 4) is 11.5 Å². The molecule has 1 aromatic heterocycles. The standard InChI is InChI=1S/C26H28N2O4S/c1-2-3-13-27(26(30)21-11-12-23-24(15-21)32-19-31-23)18-25(29)28(17-22-10-7-14-33-22)16-20-8-5-4-6-9-20/h4-12,14-15H,2-3,13,16-19H2,1H3. The van der Waals surface area contributed by atoms with Gasteiger partial charge in [-0.1, -0.05) is 49.7 Å². The summed E-state index contributed by atoms with van der Waals surface area (Å²) >= 11 is 1.63. The van der Waals surface area contributed by atoms with Crippen LogP contribution in [0.4, 0.5) is 0 Å². The number of hydrogen-bond acceptors (Lipinski definition) is 5. The van der Waals surface area contributed by atoms with E-state index < -0.39 is 0 Å². The van der Waals surface area contributed by atoms with Gasteiger partial charge in [0, 0.05) is 23.5 Å². The molecule has 0 radical (unpaired) electrons. The molecule has 0 fully saturated rings. The van der Waals surface area contributed by atoms with Gasteiger partial charge in [0.15, 0.2) is 11.5 Å². The average molecular weight is 465 g/mol. The summed E-state index contributed by atoms with van der Waals surface area (Å²) in [5, 5.41) is 2.01. The fourth-order valence-corrected chi connectivity index (χ4v) is 4.42. The summed E-state index contributed by atoms with van der Waals surface area (Å²) in [5.41, 5.74) is 1.56. The Morgan fingerprint density at radius 3 is 2.52 bits per heavy atom. The maximum atomic E-state index is 13.5. The molecule has 0 spiro atoms. The number of ether oxygens (including phenoxy) is 2. The van der Waals surface area contributed by atoms with Crippen LogP contribution in [0.2, 0.25) is 0 Å². The van der Waals surface area contributed by atoms with E-state index in [0.717, 1.165) is 23.3 Å². The van der Waals surface area contributed by atoms with Crippen molar-refractivity contribution >= 4 is 23.2 Å². The zero-order valence-corrected chi connectivity index (χ0v) is 19.6. The van der Waals surface area contributed by atoms with Gasteiger partial charge in [-0.2, -0.15) is 0 Å². The molecule has 0 atom stereocenters. The predicted molar refractivity (Wildman–Crippen MR) is 128 cm³/mol. The molecule has 3 aromatic rings. The smallest absolute Gasteiger partial charge is 0.254 e. The summed E-state index contributed by atoms with van der Waals surface area (Å²) in [6.45, 7) is 3.80. The average Bonchev–Trinajstić information content (AvgIpc) is 3.53. The first-order valence-electron chi connectivity index (χ1n) is 11.2. The van der Waals surface area contributed by atoms with Gasteiger partial charge >= 0.3 is 0 Å². The lowest BCUT2D eigenvalue weighted by Crippen LogP contribution is -2.42. The van der Waals surface area contributed by atoms with E-state index in [1.54, 1.807) is 34.4 Å². The lowest BCUT2D eigenvalue weighted by molar-refractivity contribution is -0.133. The summed E-state index contributed by atoms with van der Waals surface area (Å²) in [6.07, 6.45) is 1.76. The Labute approximate surface area is 198 Å². The Morgan fingerprint density at radius 1 is 0.939 bits per heavy atom. The van der Waals surface area contributed by atoms with Crippen molar-refractivity contribution in [3.05, 3.63) is 82.0 Å². The van der Waals surface area contributed by atoms with Gasteiger partial charge < -0.3 is 19.3 Å². The fraction of sp³-hybridized carbons (Fsp3) is 0.308. The van der Waals surface area contributed by atoms with Crippen LogP contribution in [0.1, 0.15) is 40.6 Å². The molecule has 0 N–H and O–H groups in total. The van der Waals surface area contributed by atoms with Crippen molar-refractivity contribution in [3.63, 3.8) is 0 Å². The molecule has 1 aliphatic heterocycles. The molecule has 0 saturated heterocycles. The summed E-state index contributed by atoms with van der Waals surface area (Å²) in [6, 6.07) is 19.1. The third kappa shape index (κ3) is 5.93. The van der Waals surface area contributed by atoms with E-state index in [1.807, 2.05) is 52.7 Å². The van der Waals surface area contributed by atoms with E-state index >= 15 is 0 Å². The van der Waals surface area contributed by atoms with E-state index in [0.29, 0.717) is 36.7 Å². The molecule has 7 heteroatoms. The van der Waals surface area contributed by atoms with Gasteiger partial charge in [-0.05, 0) is 41.6 Å². The van der Waals surface area contributed by atoms with Crippen molar-refractivity contribution in [2.75, 3.05) is 19.9 Å². The first kappa shape index (κ1) is 22.9. The van der Waals surface area contributed by atoms with Crippen molar-refractivity contribution in [2.24, 2.45) is 0 Å². The second kappa shape index (κ2) is 11.0. The lowest BCUT2D eigenvalue weighted by atomic mass is 10.1. The molecular formula is C26H28N2O4S. The highest BCUT2D eigenvalue weighted by atomic mass is 32.1. The van der Waals surface area contributed by atoms with Crippen LogP contribution in [0.3, 0.4) is 0 Å². The Hall–Kier alpha value is -3.32. The van der Waals surface area contributed by atoms with Crippen LogP contribution in [0.25, 0.3) is 0 Å². The van der Waals surface area contributed by atoms with Gasteiger partial charge in [-0.3, -0.25) is 9.59 Å². The van der Waals surface area contributed by atoms with Crippen LogP contribution in [0.15, 0.2) is 66.0 Å².